The zero-order valence-corrected chi connectivity index (χ0v) is 13.9. The molecule has 1 N–H and O–H groups in total. The molecule has 1 atom stereocenters. The van der Waals surface area contributed by atoms with Gasteiger partial charge >= 0.3 is 6.61 Å². The van der Waals surface area contributed by atoms with E-state index in [1.165, 1.54) is 6.07 Å². The summed E-state index contributed by atoms with van der Waals surface area (Å²) in [6.45, 7) is -1.94. The predicted octanol–water partition coefficient (Wildman–Crippen LogP) is 2.96. The molecule has 132 valence electrons. The molecule has 0 unspecified atom stereocenters. The minimum absolute atomic E-state index is 0.0817. The van der Waals surface area contributed by atoms with Crippen LogP contribution in [0.2, 0.25) is 0 Å². The van der Waals surface area contributed by atoms with Gasteiger partial charge in [0.1, 0.15) is 5.75 Å². The van der Waals surface area contributed by atoms with E-state index in [0.717, 1.165) is 11.1 Å². The topological polar surface area (TPSA) is 41.6 Å². The average molecular weight is 346 g/mol. The van der Waals surface area contributed by atoms with Gasteiger partial charge in [0.15, 0.2) is 0 Å². The predicted molar refractivity (Wildman–Crippen MR) is 90.3 cm³/mol. The minimum atomic E-state index is -2.88. The van der Waals surface area contributed by atoms with E-state index in [9.17, 15) is 13.6 Å². The third-order valence-corrected chi connectivity index (χ3v) is 4.46. The van der Waals surface area contributed by atoms with Gasteiger partial charge in [0.2, 0.25) is 5.91 Å². The first-order chi connectivity index (χ1) is 12.1. The van der Waals surface area contributed by atoms with Crippen LogP contribution in [0.15, 0.2) is 48.5 Å². The Morgan fingerprint density at radius 2 is 1.88 bits per heavy atom. The molecule has 0 fully saturated rings. The summed E-state index contributed by atoms with van der Waals surface area (Å²) in [4.78, 5) is 14.3. The molecule has 1 amide bonds. The summed E-state index contributed by atoms with van der Waals surface area (Å²) >= 11 is 0. The van der Waals surface area contributed by atoms with Crippen LogP contribution in [-0.4, -0.2) is 30.5 Å². The van der Waals surface area contributed by atoms with Gasteiger partial charge in [-0.25, -0.2) is 0 Å². The van der Waals surface area contributed by atoms with E-state index >= 15 is 0 Å². The van der Waals surface area contributed by atoms with Crippen LogP contribution in [0.3, 0.4) is 0 Å². The maximum absolute atomic E-state index is 12.6. The van der Waals surface area contributed by atoms with Crippen molar-refractivity contribution in [2.24, 2.45) is 0 Å². The number of hydrogen-bond donors (Lipinski definition) is 1. The molecule has 2 aromatic rings. The number of nitrogens with zero attached hydrogens (tertiary/aromatic N) is 1. The highest BCUT2D eigenvalue weighted by Gasteiger charge is 2.31. The monoisotopic (exact) mass is 346 g/mol. The normalized spacial score (nSPS) is 17.2. The Balaban J connectivity index is 1.88. The van der Waals surface area contributed by atoms with Crippen molar-refractivity contribution in [3.63, 3.8) is 0 Å². The van der Waals surface area contributed by atoms with Crippen LogP contribution in [0.25, 0.3) is 0 Å². The standard InChI is InChI=1S/C19H20F2N2O2/c1-22-18(24)16-10-13-6-2-3-7-14(13)11-23(16)12-15-8-4-5-9-17(15)25-19(20)21/h2-9,16,19H,10-12H2,1H3,(H,22,24)/t16-/m0/s1. The SMILES string of the molecule is CNC(=O)[C@@H]1Cc2ccccc2CN1Cc1ccccc1OC(F)F. The van der Waals surface area contributed by atoms with Crippen LogP contribution in [0.5, 0.6) is 5.75 Å². The molecule has 2 aromatic carbocycles. The van der Waals surface area contributed by atoms with Gasteiger partial charge in [-0.05, 0) is 23.6 Å². The summed E-state index contributed by atoms with van der Waals surface area (Å²) in [5, 5.41) is 2.70. The maximum atomic E-state index is 12.6. The van der Waals surface area contributed by atoms with Gasteiger partial charge in [-0.1, -0.05) is 42.5 Å². The molecule has 6 heteroatoms. The molecule has 0 saturated carbocycles. The fraction of sp³-hybridized carbons (Fsp3) is 0.316. The summed E-state index contributed by atoms with van der Waals surface area (Å²) in [5.74, 6) is 0.0637. The lowest BCUT2D eigenvalue weighted by Gasteiger charge is -2.36. The molecule has 0 bridgehead atoms. The van der Waals surface area contributed by atoms with Crippen molar-refractivity contribution in [2.45, 2.75) is 32.2 Å². The number of likely N-dealkylation sites (N-methyl/N-ethyl adjacent to an activating group) is 1. The lowest BCUT2D eigenvalue weighted by molar-refractivity contribution is -0.126. The highest BCUT2D eigenvalue weighted by molar-refractivity contribution is 5.82. The fourth-order valence-electron chi connectivity index (χ4n) is 3.23. The molecule has 4 nitrogen and oxygen atoms in total. The molecular formula is C19H20F2N2O2. The molecule has 1 heterocycles. The van der Waals surface area contributed by atoms with Crippen molar-refractivity contribution >= 4 is 5.91 Å². The van der Waals surface area contributed by atoms with E-state index in [1.807, 2.05) is 29.2 Å². The first kappa shape index (κ1) is 17.4. The molecule has 25 heavy (non-hydrogen) atoms. The Morgan fingerprint density at radius 1 is 1.20 bits per heavy atom. The van der Waals surface area contributed by atoms with E-state index < -0.39 is 6.61 Å². The molecule has 0 radical (unpaired) electrons. The maximum Gasteiger partial charge on any atom is 0.387 e. The second kappa shape index (κ2) is 7.61. The fourth-order valence-corrected chi connectivity index (χ4v) is 3.23. The summed E-state index contributed by atoms with van der Waals surface area (Å²) in [7, 11) is 1.61. The number of benzene rings is 2. The highest BCUT2D eigenvalue weighted by Crippen LogP contribution is 2.28. The Hall–Kier alpha value is -2.47. The van der Waals surface area contributed by atoms with E-state index in [4.69, 9.17) is 0 Å². The van der Waals surface area contributed by atoms with E-state index in [-0.39, 0.29) is 17.7 Å². The Labute approximate surface area is 145 Å². The molecule has 3 rings (SSSR count). The number of alkyl halides is 2. The Kier molecular flexibility index (Phi) is 5.28. The number of ether oxygens (including phenoxy) is 1. The van der Waals surface area contributed by atoms with Crippen LogP contribution < -0.4 is 10.1 Å². The van der Waals surface area contributed by atoms with E-state index in [1.54, 1.807) is 25.2 Å². The van der Waals surface area contributed by atoms with Crippen LogP contribution in [0, 0.1) is 0 Å². The van der Waals surface area contributed by atoms with Gasteiger partial charge in [0.05, 0.1) is 6.04 Å². The van der Waals surface area contributed by atoms with Gasteiger partial charge < -0.3 is 10.1 Å². The number of para-hydroxylation sites is 1. The van der Waals surface area contributed by atoms with E-state index in [0.29, 0.717) is 25.1 Å². The van der Waals surface area contributed by atoms with Crippen LogP contribution in [0.1, 0.15) is 16.7 Å². The number of carbonyl (C=O) groups excluding carboxylic acids is 1. The molecule has 1 aliphatic rings. The van der Waals surface area contributed by atoms with Gasteiger partial charge in [-0.2, -0.15) is 8.78 Å². The van der Waals surface area contributed by atoms with Crippen molar-refractivity contribution < 1.29 is 18.3 Å². The van der Waals surface area contributed by atoms with Crippen molar-refractivity contribution in [1.82, 2.24) is 10.2 Å². The number of halogens is 2. The minimum Gasteiger partial charge on any atom is -0.434 e. The second-order valence-corrected chi connectivity index (χ2v) is 5.99. The lowest BCUT2D eigenvalue weighted by atomic mass is 9.93. The van der Waals surface area contributed by atoms with Crippen LogP contribution >= 0.6 is 0 Å². The molecule has 0 saturated heterocycles. The Bertz CT molecular complexity index is 752. The summed E-state index contributed by atoms with van der Waals surface area (Å²) in [5.41, 5.74) is 2.93. The summed E-state index contributed by atoms with van der Waals surface area (Å²) < 4.78 is 29.9. The van der Waals surface area contributed by atoms with Crippen molar-refractivity contribution in [1.29, 1.82) is 0 Å². The number of fused-ring (bicyclic) bond motifs is 1. The van der Waals surface area contributed by atoms with Crippen molar-refractivity contribution in [3.8, 4) is 5.75 Å². The Morgan fingerprint density at radius 3 is 2.60 bits per heavy atom. The molecule has 0 aromatic heterocycles. The smallest absolute Gasteiger partial charge is 0.387 e. The van der Waals surface area contributed by atoms with Crippen LogP contribution in [-0.2, 0) is 24.3 Å². The summed E-state index contributed by atoms with van der Waals surface area (Å²) in [6.07, 6.45) is 0.591. The number of carbonyl (C=O) groups is 1. The molecule has 1 aliphatic heterocycles. The first-order valence-electron chi connectivity index (χ1n) is 8.13. The quantitative estimate of drug-likeness (QED) is 0.905. The first-order valence-corrected chi connectivity index (χ1v) is 8.13. The number of amides is 1. The third kappa shape index (κ3) is 3.96. The third-order valence-electron chi connectivity index (χ3n) is 4.46. The lowest BCUT2D eigenvalue weighted by Crippen LogP contribution is -2.49. The van der Waals surface area contributed by atoms with E-state index in [2.05, 4.69) is 10.1 Å². The average Bonchev–Trinajstić information content (AvgIpc) is 2.61. The largest absolute Gasteiger partial charge is 0.434 e. The number of hydrogen-bond acceptors (Lipinski definition) is 3. The van der Waals surface area contributed by atoms with Gasteiger partial charge in [-0.3, -0.25) is 9.69 Å². The van der Waals surface area contributed by atoms with Gasteiger partial charge in [0.25, 0.3) is 0 Å². The van der Waals surface area contributed by atoms with Gasteiger partial charge in [-0.15, -0.1) is 0 Å². The van der Waals surface area contributed by atoms with Gasteiger partial charge in [0, 0.05) is 25.7 Å². The zero-order valence-electron chi connectivity index (χ0n) is 13.9. The number of nitrogens with one attached hydrogen (secondary N) is 1. The van der Waals surface area contributed by atoms with Crippen molar-refractivity contribution in [2.75, 3.05) is 7.05 Å². The zero-order chi connectivity index (χ0) is 17.8. The molecular weight excluding hydrogens is 326 g/mol. The highest BCUT2D eigenvalue weighted by atomic mass is 19.3. The molecule has 0 aliphatic carbocycles. The summed E-state index contributed by atoms with van der Waals surface area (Å²) in [6, 6.07) is 14.3. The number of rotatable bonds is 5. The van der Waals surface area contributed by atoms with Crippen LogP contribution in [0.4, 0.5) is 8.78 Å². The molecule has 0 spiro atoms. The van der Waals surface area contributed by atoms with Crippen molar-refractivity contribution in [3.05, 3.63) is 65.2 Å². The second-order valence-electron chi connectivity index (χ2n) is 5.99.